The molecule has 0 radical (unpaired) electrons. The summed E-state index contributed by atoms with van der Waals surface area (Å²) in [6.07, 6.45) is 2.72. The van der Waals surface area contributed by atoms with Crippen molar-refractivity contribution in [2.24, 2.45) is 0 Å². The Morgan fingerprint density at radius 1 is 1.30 bits per heavy atom. The van der Waals surface area contributed by atoms with Gasteiger partial charge in [0.2, 0.25) is 0 Å². The fraction of sp³-hybridized carbons (Fsp3) is 0.231. The number of nitrogens with zero attached hydrogens (tertiary/aromatic N) is 2. The first-order valence-corrected chi connectivity index (χ1v) is 5.62. The number of hydrogen-bond donors (Lipinski definition) is 0. The van der Waals surface area contributed by atoms with E-state index in [-0.39, 0.29) is 16.8 Å². The molecule has 0 N–H and O–H groups in total. The fourth-order valence-corrected chi connectivity index (χ4v) is 1.44. The molecule has 1 aromatic rings. The first kappa shape index (κ1) is 15.4. The second kappa shape index (κ2) is 6.46. The molecule has 20 heavy (non-hydrogen) atoms. The number of ketones is 1. The van der Waals surface area contributed by atoms with Gasteiger partial charge in [-0.05, 0) is 6.07 Å². The lowest BCUT2D eigenvalue weighted by Gasteiger charge is -2.06. The lowest BCUT2D eigenvalue weighted by Crippen LogP contribution is -2.11. The molecular formula is C13H14N2O5. The smallest absolute Gasteiger partial charge is 0.338 e. The van der Waals surface area contributed by atoms with Gasteiger partial charge >= 0.3 is 5.97 Å². The van der Waals surface area contributed by atoms with Gasteiger partial charge in [0, 0.05) is 44.1 Å². The average Bonchev–Trinajstić information content (AvgIpc) is 2.43. The third kappa shape index (κ3) is 3.64. The number of hydrogen-bond acceptors (Lipinski definition) is 6. The average molecular weight is 278 g/mol. The number of carbonyl (C=O) groups is 2. The van der Waals surface area contributed by atoms with Crippen LogP contribution in [0.25, 0.3) is 0 Å². The highest BCUT2D eigenvalue weighted by atomic mass is 16.6. The second-order valence-corrected chi connectivity index (χ2v) is 4.12. The molecule has 0 unspecified atom stereocenters. The second-order valence-electron chi connectivity index (χ2n) is 4.12. The number of allylic oxidation sites excluding steroid dienone is 1. The standard InChI is InChI=1S/C13H14N2O5/c1-14(2)7-6-12(16)11-8-9(15(18)19)4-5-10(11)13(17)20-3/h4-8H,1-3H3/b7-6+. The minimum absolute atomic E-state index is 0.00786. The van der Waals surface area contributed by atoms with E-state index < -0.39 is 16.7 Å². The largest absolute Gasteiger partial charge is 0.465 e. The normalized spacial score (nSPS) is 10.3. The van der Waals surface area contributed by atoms with Crippen molar-refractivity contribution in [2.45, 2.75) is 0 Å². The van der Waals surface area contributed by atoms with E-state index in [1.54, 1.807) is 19.0 Å². The minimum Gasteiger partial charge on any atom is -0.465 e. The van der Waals surface area contributed by atoms with E-state index in [1.165, 1.54) is 25.5 Å². The highest BCUT2D eigenvalue weighted by Crippen LogP contribution is 2.19. The van der Waals surface area contributed by atoms with Gasteiger partial charge in [0.1, 0.15) is 0 Å². The van der Waals surface area contributed by atoms with Crippen LogP contribution in [0.15, 0.2) is 30.5 Å². The molecule has 0 fully saturated rings. The molecule has 0 saturated carbocycles. The van der Waals surface area contributed by atoms with E-state index in [1.807, 2.05) is 0 Å². The van der Waals surface area contributed by atoms with E-state index in [0.717, 1.165) is 12.1 Å². The summed E-state index contributed by atoms with van der Waals surface area (Å²) >= 11 is 0. The topological polar surface area (TPSA) is 89.7 Å². The van der Waals surface area contributed by atoms with Gasteiger partial charge in [-0.25, -0.2) is 4.79 Å². The summed E-state index contributed by atoms with van der Waals surface area (Å²) < 4.78 is 4.56. The van der Waals surface area contributed by atoms with Crippen molar-refractivity contribution in [3.05, 3.63) is 51.7 Å². The Bertz CT molecular complexity index is 578. The zero-order valence-corrected chi connectivity index (χ0v) is 11.3. The third-order valence-electron chi connectivity index (χ3n) is 2.41. The van der Waals surface area contributed by atoms with Crippen LogP contribution in [-0.4, -0.2) is 42.8 Å². The molecule has 0 aliphatic heterocycles. The Kier molecular flexibility index (Phi) is 4.96. The molecule has 0 heterocycles. The van der Waals surface area contributed by atoms with Crippen molar-refractivity contribution in [1.29, 1.82) is 0 Å². The van der Waals surface area contributed by atoms with Gasteiger partial charge in [0.05, 0.1) is 17.6 Å². The van der Waals surface area contributed by atoms with Gasteiger partial charge in [-0.2, -0.15) is 0 Å². The number of methoxy groups -OCH3 is 1. The van der Waals surface area contributed by atoms with Crippen LogP contribution < -0.4 is 0 Å². The summed E-state index contributed by atoms with van der Waals surface area (Å²) in [5.41, 5.74) is -0.338. The molecule has 0 aliphatic carbocycles. The molecular weight excluding hydrogens is 264 g/mol. The number of carbonyl (C=O) groups excluding carboxylic acids is 2. The van der Waals surface area contributed by atoms with Crippen molar-refractivity contribution in [1.82, 2.24) is 4.90 Å². The van der Waals surface area contributed by atoms with Gasteiger partial charge in [-0.1, -0.05) is 0 Å². The van der Waals surface area contributed by atoms with Crippen LogP contribution in [0.2, 0.25) is 0 Å². The number of rotatable bonds is 5. The number of benzene rings is 1. The molecule has 0 saturated heterocycles. The molecule has 1 aromatic carbocycles. The number of non-ortho nitro benzene ring substituents is 1. The Morgan fingerprint density at radius 2 is 1.95 bits per heavy atom. The molecule has 0 amide bonds. The van der Waals surface area contributed by atoms with E-state index in [0.29, 0.717) is 0 Å². The molecule has 0 aromatic heterocycles. The third-order valence-corrected chi connectivity index (χ3v) is 2.41. The van der Waals surface area contributed by atoms with E-state index >= 15 is 0 Å². The maximum Gasteiger partial charge on any atom is 0.338 e. The zero-order chi connectivity index (χ0) is 15.3. The first-order valence-electron chi connectivity index (χ1n) is 5.62. The predicted molar refractivity (Wildman–Crippen MR) is 71.6 cm³/mol. The molecule has 7 heteroatoms. The van der Waals surface area contributed by atoms with Crippen molar-refractivity contribution < 1.29 is 19.2 Å². The van der Waals surface area contributed by atoms with Crippen LogP contribution in [0.1, 0.15) is 20.7 Å². The number of nitro benzene ring substituents is 1. The number of ether oxygens (including phenoxy) is 1. The summed E-state index contributed by atoms with van der Waals surface area (Å²) in [6.45, 7) is 0. The maximum absolute atomic E-state index is 12.0. The van der Waals surface area contributed by atoms with Gasteiger partial charge in [0.15, 0.2) is 5.78 Å². The van der Waals surface area contributed by atoms with E-state index in [9.17, 15) is 19.7 Å². The van der Waals surface area contributed by atoms with Crippen LogP contribution in [0.5, 0.6) is 0 Å². The van der Waals surface area contributed by atoms with E-state index in [4.69, 9.17) is 0 Å². The Labute approximate surface area is 115 Å². The van der Waals surface area contributed by atoms with Crippen molar-refractivity contribution in [2.75, 3.05) is 21.2 Å². The van der Waals surface area contributed by atoms with Gasteiger partial charge in [-0.15, -0.1) is 0 Å². The molecule has 0 atom stereocenters. The Morgan fingerprint density at radius 3 is 2.45 bits per heavy atom. The quantitative estimate of drug-likeness (QED) is 0.267. The lowest BCUT2D eigenvalue weighted by atomic mass is 10.0. The highest BCUT2D eigenvalue weighted by molar-refractivity contribution is 6.11. The van der Waals surface area contributed by atoms with Gasteiger partial charge in [-0.3, -0.25) is 14.9 Å². The summed E-state index contributed by atoms with van der Waals surface area (Å²) in [5.74, 6) is -1.23. The van der Waals surface area contributed by atoms with Crippen molar-refractivity contribution in [3.63, 3.8) is 0 Å². The Hall–Kier alpha value is -2.70. The molecule has 106 valence electrons. The van der Waals surface area contributed by atoms with Crippen LogP contribution in [-0.2, 0) is 4.74 Å². The SMILES string of the molecule is COC(=O)c1ccc([N+](=O)[O-])cc1C(=O)/C=C/N(C)C. The van der Waals surface area contributed by atoms with Crippen LogP contribution in [0, 0.1) is 10.1 Å². The minimum atomic E-state index is -0.721. The molecule has 7 nitrogen and oxygen atoms in total. The first-order chi connectivity index (χ1) is 9.36. The van der Waals surface area contributed by atoms with Gasteiger partial charge in [0.25, 0.3) is 5.69 Å². The van der Waals surface area contributed by atoms with Crippen molar-refractivity contribution in [3.8, 4) is 0 Å². The number of nitro groups is 1. The van der Waals surface area contributed by atoms with Crippen LogP contribution in [0.4, 0.5) is 5.69 Å². The zero-order valence-electron chi connectivity index (χ0n) is 11.3. The maximum atomic E-state index is 12.0. The Balaban J connectivity index is 3.31. The monoisotopic (exact) mass is 278 g/mol. The number of esters is 1. The molecule has 1 rings (SSSR count). The molecule has 0 bridgehead atoms. The van der Waals surface area contributed by atoms with Crippen LogP contribution in [0.3, 0.4) is 0 Å². The lowest BCUT2D eigenvalue weighted by molar-refractivity contribution is -0.384. The van der Waals surface area contributed by atoms with E-state index in [2.05, 4.69) is 4.74 Å². The summed E-state index contributed by atoms with van der Waals surface area (Å²) in [4.78, 5) is 35.3. The summed E-state index contributed by atoms with van der Waals surface area (Å²) in [6, 6.07) is 3.42. The summed E-state index contributed by atoms with van der Waals surface area (Å²) in [5, 5.41) is 10.7. The van der Waals surface area contributed by atoms with Crippen LogP contribution >= 0.6 is 0 Å². The highest BCUT2D eigenvalue weighted by Gasteiger charge is 2.20. The van der Waals surface area contributed by atoms with Crippen molar-refractivity contribution >= 4 is 17.4 Å². The summed E-state index contributed by atoms with van der Waals surface area (Å²) in [7, 11) is 4.62. The molecule has 0 spiro atoms. The fourth-order valence-electron chi connectivity index (χ4n) is 1.44. The predicted octanol–water partition coefficient (Wildman–Crippen LogP) is 1.64. The van der Waals surface area contributed by atoms with Gasteiger partial charge < -0.3 is 9.64 Å². The molecule has 0 aliphatic rings.